The highest BCUT2D eigenvalue weighted by Gasteiger charge is 2.24. The number of carbonyl (C=O) groups is 2. The smallest absolute Gasteiger partial charge is 0.276 e. The van der Waals surface area contributed by atoms with Crippen molar-refractivity contribution in [3.05, 3.63) is 91.2 Å². The topological polar surface area (TPSA) is 194 Å². The number of benzene rings is 2. The molecule has 4 N–H and O–H groups in total. The lowest BCUT2D eigenvalue weighted by Crippen LogP contribution is -2.33. The second-order valence-corrected chi connectivity index (χ2v) is 6.92. The van der Waals surface area contributed by atoms with Crippen molar-refractivity contribution in [2.75, 3.05) is 10.9 Å². The maximum atomic E-state index is 12.3. The Hall–Kier alpha value is -4.85. The molecule has 34 heavy (non-hydrogen) atoms. The molecule has 15 heteroatoms. The van der Waals surface area contributed by atoms with Crippen molar-refractivity contribution >= 4 is 46.4 Å². The van der Waals surface area contributed by atoms with Crippen molar-refractivity contribution in [3.8, 4) is 0 Å². The Morgan fingerprint density at radius 1 is 0.912 bits per heavy atom. The van der Waals surface area contributed by atoms with E-state index in [0.29, 0.717) is 0 Å². The fourth-order valence-electron chi connectivity index (χ4n) is 2.67. The lowest BCUT2D eigenvalue weighted by molar-refractivity contribution is -0.384. The van der Waals surface area contributed by atoms with E-state index in [4.69, 9.17) is 11.6 Å². The summed E-state index contributed by atoms with van der Waals surface area (Å²) in [5.74, 6) is -2.08. The normalized spacial score (nSPS) is 10.1. The summed E-state index contributed by atoms with van der Waals surface area (Å²) in [4.78, 5) is 52.9. The Kier molecular flexibility index (Phi) is 7.45. The van der Waals surface area contributed by atoms with E-state index in [1.807, 2.05) is 0 Å². The van der Waals surface area contributed by atoms with Gasteiger partial charge >= 0.3 is 5.69 Å². The second-order valence-electron chi connectivity index (χ2n) is 6.51. The highest BCUT2D eigenvalue weighted by Crippen LogP contribution is 2.28. The van der Waals surface area contributed by atoms with Gasteiger partial charge in [0, 0.05) is 11.6 Å². The van der Waals surface area contributed by atoms with Crippen LogP contribution in [0.5, 0.6) is 0 Å². The van der Waals surface area contributed by atoms with E-state index in [0.717, 1.165) is 18.0 Å². The van der Waals surface area contributed by atoms with Crippen LogP contribution in [-0.2, 0) is 11.2 Å². The van der Waals surface area contributed by atoms with Gasteiger partial charge in [0.25, 0.3) is 11.6 Å². The molecule has 0 saturated heterocycles. The summed E-state index contributed by atoms with van der Waals surface area (Å²) in [7, 11) is 0. The number of carbonyl (C=O) groups excluding carboxylic acids is 2. The molecule has 1 aromatic heterocycles. The quantitative estimate of drug-likeness (QED) is 0.257. The van der Waals surface area contributed by atoms with E-state index in [9.17, 15) is 29.8 Å². The minimum absolute atomic E-state index is 0.0150. The minimum Gasteiger partial charge on any atom is -0.276 e. The maximum absolute atomic E-state index is 12.3. The van der Waals surface area contributed by atoms with Gasteiger partial charge in [0.05, 0.1) is 16.3 Å². The molecule has 14 nitrogen and oxygen atoms in total. The van der Waals surface area contributed by atoms with E-state index in [-0.39, 0.29) is 22.8 Å². The summed E-state index contributed by atoms with van der Waals surface area (Å²) in [6.45, 7) is 0. The number of amides is 2. The number of anilines is 2. The van der Waals surface area contributed by atoms with Crippen molar-refractivity contribution in [1.82, 2.24) is 20.8 Å². The Labute approximate surface area is 195 Å². The third kappa shape index (κ3) is 5.89. The minimum atomic E-state index is -0.849. The first kappa shape index (κ1) is 23.8. The molecule has 0 fully saturated rings. The molecule has 0 aliphatic rings. The van der Waals surface area contributed by atoms with Crippen LogP contribution in [0.3, 0.4) is 0 Å². The van der Waals surface area contributed by atoms with Crippen LogP contribution in [0.25, 0.3) is 0 Å². The summed E-state index contributed by atoms with van der Waals surface area (Å²) in [6, 6.07) is 12.2. The molecule has 0 saturated carbocycles. The molecule has 2 amide bonds. The number of hydrogen-bond acceptors (Lipinski definition) is 10. The fraction of sp³-hybridized carbons (Fsp3) is 0.0526. The van der Waals surface area contributed by atoms with Crippen LogP contribution in [0.2, 0.25) is 5.02 Å². The van der Waals surface area contributed by atoms with Gasteiger partial charge in [-0.2, -0.15) is 0 Å². The summed E-state index contributed by atoms with van der Waals surface area (Å²) < 4.78 is 0. The van der Waals surface area contributed by atoms with Gasteiger partial charge in [-0.05, 0) is 17.7 Å². The van der Waals surface area contributed by atoms with E-state index < -0.39 is 38.9 Å². The molecule has 2 aromatic carbocycles. The van der Waals surface area contributed by atoms with Gasteiger partial charge in [0.2, 0.25) is 17.5 Å². The number of hydrogen-bond donors (Lipinski definition) is 4. The molecule has 0 aliphatic carbocycles. The lowest BCUT2D eigenvalue weighted by Gasteiger charge is -2.11. The Morgan fingerprint density at radius 3 is 2.18 bits per heavy atom. The van der Waals surface area contributed by atoms with Crippen molar-refractivity contribution in [3.63, 3.8) is 0 Å². The van der Waals surface area contributed by atoms with Gasteiger partial charge in [0.1, 0.15) is 11.3 Å². The van der Waals surface area contributed by atoms with Crippen LogP contribution >= 0.6 is 11.6 Å². The van der Waals surface area contributed by atoms with Crippen molar-refractivity contribution in [1.29, 1.82) is 0 Å². The SMILES string of the molecule is O=C(Cc1ccccc1)NNc1ncnc(NNC(=O)c2ccc(Cl)c([N+](=O)[O-])c2)c1[N+](=O)[O-]. The zero-order valence-electron chi connectivity index (χ0n) is 17.0. The predicted molar refractivity (Wildman–Crippen MR) is 120 cm³/mol. The Balaban J connectivity index is 1.70. The van der Waals surface area contributed by atoms with Crippen molar-refractivity contribution in [2.45, 2.75) is 6.42 Å². The number of halogens is 1. The number of nitrogens with one attached hydrogen (secondary N) is 4. The predicted octanol–water partition coefficient (Wildman–Crippen LogP) is 2.39. The lowest BCUT2D eigenvalue weighted by atomic mass is 10.1. The average Bonchev–Trinajstić information content (AvgIpc) is 2.81. The van der Waals surface area contributed by atoms with Crippen molar-refractivity contribution in [2.24, 2.45) is 0 Å². The van der Waals surface area contributed by atoms with Gasteiger partial charge in [-0.3, -0.25) is 51.5 Å². The molecule has 0 spiro atoms. The summed E-state index contributed by atoms with van der Waals surface area (Å²) in [5.41, 5.74) is 8.54. The molecule has 0 aliphatic heterocycles. The first-order chi connectivity index (χ1) is 16.3. The fourth-order valence-corrected chi connectivity index (χ4v) is 2.86. The molecule has 3 aromatic rings. The third-order valence-electron chi connectivity index (χ3n) is 4.23. The summed E-state index contributed by atoms with van der Waals surface area (Å²) in [5, 5.41) is 22.4. The van der Waals surface area contributed by atoms with Crippen LogP contribution in [0, 0.1) is 20.2 Å². The Morgan fingerprint density at radius 2 is 1.56 bits per heavy atom. The van der Waals surface area contributed by atoms with Gasteiger partial charge in [0.15, 0.2) is 0 Å². The van der Waals surface area contributed by atoms with Crippen LogP contribution in [0.1, 0.15) is 15.9 Å². The van der Waals surface area contributed by atoms with E-state index in [1.54, 1.807) is 30.3 Å². The number of nitrogens with zero attached hydrogens (tertiary/aromatic N) is 4. The number of hydrazine groups is 2. The third-order valence-corrected chi connectivity index (χ3v) is 4.55. The Bertz CT molecular complexity index is 1260. The first-order valence-corrected chi connectivity index (χ1v) is 9.72. The molecule has 174 valence electrons. The molecular weight excluding hydrogens is 472 g/mol. The van der Waals surface area contributed by atoms with E-state index >= 15 is 0 Å². The molecular formula is C19H15ClN8O6. The first-order valence-electron chi connectivity index (χ1n) is 9.34. The molecule has 0 radical (unpaired) electrons. The van der Waals surface area contributed by atoms with Crippen LogP contribution in [-0.4, -0.2) is 31.6 Å². The van der Waals surface area contributed by atoms with Crippen LogP contribution in [0.15, 0.2) is 54.9 Å². The van der Waals surface area contributed by atoms with Crippen molar-refractivity contribution < 1.29 is 19.4 Å². The molecule has 0 unspecified atom stereocenters. The maximum Gasteiger partial charge on any atom is 0.356 e. The van der Waals surface area contributed by atoms with Crippen LogP contribution in [0.4, 0.5) is 23.0 Å². The number of rotatable bonds is 9. The second kappa shape index (κ2) is 10.6. The number of nitro groups is 2. The van der Waals surface area contributed by atoms with Gasteiger partial charge in [-0.1, -0.05) is 41.9 Å². The van der Waals surface area contributed by atoms with Crippen LogP contribution < -0.4 is 21.7 Å². The molecule has 0 atom stereocenters. The van der Waals surface area contributed by atoms with Gasteiger partial charge < -0.3 is 0 Å². The van der Waals surface area contributed by atoms with Gasteiger partial charge in [-0.15, -0.1) is 0 Å². The zero-order valence-corrected chi connectivity index (χ0v) is 17.8. The average molecular weight is 487 g/mol. The van der Waals surface area contributed by atoms with E-state index in [1.165, 1.54) is 12.1 Å². The summed E-state index contributed by atoms with van der Waals surface area (Å²) >= 11 is 5.72. The number of aromatic nitrogens is 2. The molecule has 0 bridgehead atoms. The number of nitro benzene ring substituents is 1. The highest BCUT2D eigenvalue weighted by molar-refractivity contribution is 6.32. The monoisotopic (exact) mass is 486 g/mol. The summed E-state index contributed by atoms with van der Waals surface area (Å²) in [6.07, 6.45) is 0.974. The molecule has 3 rings (SSSR count). The standard InChI is InChI=1S/C19H15ClN8O6/c20-13-7-6-12(9-14(13)27(31)32)19(30)26-25-18-16(28(33)34)17(21-10-22-18)24-23-15(29)8-11-4-2-1-3-5-11/h1-7,9-10H,8H2,(H,23,29)(H,26,30)(H2,21,22,24,25). The van der Waals surface area contributed by atoms with Gasteiger partial charge in [-0.25, -0.2) is 9.97 Å². The largest absolute Gasteiger partial charge is 0.356 e. The van der Waals surface area contributed by atoms with E-state index in [2.05, 4.69) is 31.7 Å². The molecule has 1 heterocycles. The highest BCUT2D eigenvalue weighted by atomic mass is 35.5. The zero-order chi connectivity index (χ0) is 24.7.